The molecule has 0 heterocycles. The predicted molar refractivity (Wildman–Crippen MR) is 48.7 cm³/mol. The minimum Gasteiger partial charge on any atom is -0.367 e. The number of aliphatic hydroxyl groups is 1. The van der Waals surface area contributed by atoms with Gasteiger partial charge in [-0.25, -0.2) is 9.13 Å². The quantitative estimate of drug-likeness (QED) is 0.219. The molecule has 0 aliphatic rings. The van der Waals surface area contributed by atoms with Crippen LogP contribution in [0.15, 0.2) is 0 Å². The molecule has 6 N–H and O–H groups in total. The SMILES string of the molecule is O=P(O)(O)O.O=P(O)(O)OC(O)CCCl. The Hall–Kier alpha value is 0.470. The van der Waals surface area contributed by atoms with Crippen molar-refractivity contribution in [3.8, 4) is 0 Å². The third kappa shape index (κ3) is 31.4. The van der Waals surface area contributed by atoms with Gasteiger partial charge in [0.2, 0.25) is 0 Å². The maximum atomic E-state index is 9.99. The molecule has 0 aliphatic heterocycles. The lowest BCUT2D eigenvalue weighted by Gasteiger charge is -2.09. The van der Waals surface area contributed by atoms with Crippen LogP contribution in [0, 0.1) is 0 Å². The maximum Gasteiger partial charge on any atom is 0.471 e. The standard InChI is InChI=1S/C3H8ClO5P.H3O4P/c4-2-1-3(5)9-10(6,7)8;1-5(2,3)4/h3,5H,1-2H2,(H2,6,7,8);(H3,1,2,3,4). The van der Waals surface area contributed by atoms with Crippen molar-refractivity contribution in [1.29, 1.82) is 0 Å². The van der Waals surface area contributed by atoms with Gasteiger partial charge in [0.25, 0.3) is 0 Å². The summed E-state index contributed by atoms with van der Waals surface area (Å²) in [4.78, 5) is 37.8. The number of phosphoric ester groups is 1. The van der Waals surface area contributed by atoms with Crippen LogP contribution in [-0.4, -0.2) is 41.7 Å². The Morgan fingerprint density at radius 3 is 1.67 bits per heavy atom. The molecular weight excluding hydrogens is 277 g/mol. The molecule has 0 bridgehead atoms. The van der Waals surface area contributed by atoms with Gasteiger partial charge in [0, 0.05) is 12.3 Å². The zero-order valence-electron chi connectivity index (χ0n) is 7.17. The van der Waals surface area contributed by atoms with Crippen molar-refractivity contribution in [3.05, 3.63) is 0 Å². The van der Waals surface area contributed by atoms with Gasteiger partial charge in [-0.3, -0.25) is 4.52 Å². The molecule has 0 aromatic carbocycles. The summed E-state index contributed by atoms with van der Waals surface area (Å²) in [6.45, 7) is 0. The lowest BCUT2D eigenvalue weighted by molar-refractivity contribution is -0.0372. The van der Waals surface area contributed by atoms with Gasteiger partial charge in [-0.05, 0) is 0 Å². The summed E-state index contributed by atoms with van der Waals surface area (Å²) in [6, 6.07) is 0. The van der Waals surface area contributed by atoms with Crippen molar-refractivity contribution in [2.45, 2.75) is 12.7 Å². The monoisotopic (exact) mass is 288 g/mol. The highest BCUT2D eigenvalue weighted by molar-refractivity contribution is 7.46. The Morgan fingerprint density at radius 2 is 1.47 bits per heavy atom. The average molecular weight is 289 g/mol. The van der Waals surface area contributed by atoms with Crippen molar-refractivity contribution >= 4 is 27.2 Å². The van der Waals surface area contributed by atoms with Crippen LogP contribution >= 0.6 is 27.2 Å². The molecule has 1 unspecified atom stereocenters. The zero-order chi connectivity index (χ0) is 12.7. The van der Waals surface area contributed by atoms with Crippen molar-refractivity contribution in [1.82, 2.24) is 0 Å². The van der Waals surface area contributed by atoms with E-state index in [4.69, 9.17) is 45.7 Å². The molecule has 1 atom stereocenters. The van der Waals surface area contributed by atoms with Crippen LogP contribution < -0.4 is 0 Å². The van der Waals surface area contributed by atoms with E-state index in [-0.39, 0.29) is 12.3 Å². The number of rotatable bonds is 4. The molecule has 9 nitrogen and oxygen atoms in total. The fourth-order valence-electron chi connectivity index (χ4n) is 0.305. The molecular formula is C3H11ClO9P2. The minimum absolute atomic E-state index is 0.00728. The second kappa shape index (κ2) is 7.70. The molecule has 0 aromatic heterocycles. The van der Waals surface area contributed by atoms with E-state index in [2.05, 4.69) is 4.52 Å². The van der Waals surface area contributed by atoms with Crippen LogP contribution in [0.1, 0.15) is 6.42 Å². The summed E-state index contributed by atoms with van der Waals surface area (Å²) in [5, 5.41) is 8.59. The van der Waals surface area contributed by atoms with Gasteiger partial charge in [-0.2, -0.15) is 0 Å². The van der Waals surface area contributed by atoms with Gasteiger partial charge in [-0.1, -0.05) is 0 Å². The van der Waals surface area contributed by atoms with Crippen LogP contribution in [0.2, 0.25) is 0 Å². The molecule has 94 valence electrons. The Balaban J connectivity index is 0. The summed E-state index contributed by atoms with van der Waals surface area (Å²) in [7, 11) is -9.20. The molecule has 0 saturated heterocycles. The van der Waals surface area contributed by atoms with Gasteiger partial charge >= 0.3 is 15.6 Å². The zero-order valence-corrected chi connectivity index (χ0v) is 9.72. The Morgan fingerprint density at radius 1 is 1.13 bits per heavy atom. The number of aliphatic hydroxyl groups excluding tert-OH is 1. The number of hydrogen-bond acceptors (Lipinski definition) is 4. The summed E-state index contributed by atoms with van der Waals surface area (Å²) in [5.74, 6) is 0.0845. The third-order valence-corrected chi connectivity index (χ3v) is 1.35. The van der Waals surface area contributed by atoms with Crippen molar-refractivity contribution in [2.75, 3.05) is 5.88 Å². The van der Waals surface area contributed by atoms with Gasteiger partial charge in [0.05, 0.1) is 0 Å². The lowest BCUT2D eigenvalue weighted by atomic mass is 10.5. The van der Waals surface area contributed by atoms with Crippen LogP contribution in [0.5, 0.6) is 0 Å². The Labute approximate surface area is 89.8 Å². The fourth-order valence-corrected chi connectivity index (χ4v) is 0.914. The Bertz CT molecular complexity index is 235. The van der Waals surface area contributed by atoms with Crippen molar-refractivity contribution in [3.63, 3.8) is 0 Å². The molecule has 0 aliphatic carbocycles. The molecule has 0 fully saturated rings. The summed E-state index contributed by atoms with van der Waals surface area (Å²) in [5.41, 5.74) is 0. The smallest absolute Gasteiger partial charge is 0.367 e. The molecule has 0 saturated carbocycles. The van der Waals surface area contributed by atoms with Crippen LogP contribution in [-0.2, 0) is 13.7 Å². The average Bonchev–Trinajstić information content (AvgIpc) is 1.77. The third-order valence-electron chi connectivity index (χ3n) is 0.615. The molecule has 0 spiro atoms. The van der Waals surface area contributed by atoms with Crippen molar-refractivity contribution in [2.24, 2.45) is 0 Å². The summed E-state index contributed by atoms with van der Waals surface area (Å²) >= 11 is 5.13. The van der Waals surface area contributed by atoms with Gasteiger partial charge < -0.3 is 29.6 Å². The molecule has 15 heavy (non-hydrogen) atoms. The number of halogens is 1. The molecule has 0 aromatic rings. The highest BCUT2D eigenvalue weighted by atomic mass is 35.5. The lowest BCUT2D eigenvalue weighted by Crippen LogP contribution is -2.10. The first-order valence-corrected chi connectivity index (χ1v) is 6.85. The van der Waals surface area contributed by atoms with Gasteiger partial charge in [0.1, 0.15) is 0 Å². The molecule has 12 heteroatoms. The highest BCUT2D eigenvalue weighted by Gasteiger charge is 2.19. The van der Waals surface area contributed by atoms with E-state index >= 15 is 0 Å². The predicted octanol–water partition coefficient (Wildman–Crippen LogP) is -0.886. The Kier molecular flexibility index (Phi) is 9.16. The fraction of sp³-hybridized carbons (Fsp3) is 1.00. The van der Waals surface area contributed by atoms with E-state index in [0.29, 0.717) is 0 Å². The number of alkyl halides is 1. The van der Waals surface area contributed by atoms with Crippen LogP contribution in [0.25, 0.3) is 0 Å². The van der Waals surface area contributed by atoms with E-state index < -0.39 is 21.9 Å². The van der Waals surface area contributed by atoms with E-state index in [9.17, 15) is 4.57 Å². The summed E-state index contributed by atoms with van der Waals surface area (Å²) in [6.07, 6.45) is -1.49. The second-order valence-electron chi connectivity index (χ2n) is 2.04. The van der Waals surface area contributed by atoms with Gasteiger partial charge in [-0.15, -0.1) is 11.6 Å². The second-order valence-corrected chi connectivity index (χ2v) is 4.64. The van der Waals surface area contributed by atoms with Crippen molar-refractivity contribution < 1.29 is 43.2 Å². The first-order chi connectivity index (χ1) is 6.45. The maximum absolute atomic E-state index is 9.99. The van der Waals surface area contributed by atoms with E-state index in [1.54, 1.807) is 0 Å². The van der Waals surface area contributed by atoms with Crippen LogP contribution in [0.3, 0.4) is 0 Å². The van der Waals surface area contributed by atoms with Gasteiger partial charge in [0.15, 0.2) is 6.29 Å². The largest absolute Gasteiger partial charge is 0.471 e. The highest BCUT2D eigenvalue weighted by Crippen LogP contribution is 2.37. The first kappa shape index (κ1) is 17.9. The van der Waals surface area contributed by atoms with E-state index in [1.165, 1.54) is 0 Å². The van der Waals surface area contributed by atoms with E-state index in [0.717, 1.165) is 0 Å². The topological polar surface area (TPSA) is 165 Å². The number of phosphoric acid groups is 2. The minimum atomic E-state index is -4.64. The normalized spacial score (nSPS) is 14.1. The summed E-state index contributed by atoms with van der Waals surface area (Å²) < 4.78 is 22.7. The van der Waals surface area contributed by atoms with Crippen LogP contribution in [0.4, 0.5) is 0 Å². The number of hydrogen-bond donors (Lipinski definition) is 6. The van der Waals surface area contributed by atoms with E-state index in [1.807, 2.05) is 0 Å². The first-order valence-electron chi connectivity index (χ1n) is 3.22. The molecule has 0 radical (unpaired) electrons. The molecule has 0 amide bonds. The molecule has 0 rings (SSSR count).